The summed E-state index contributed by atoms with van der Waals surface area (Å²) in [6, 6.07) is -0.758. The van der Waals surface area contributed by atoms with E-state index in [-0.39, 0.29) is 19.1 Å². The number of nitrogens with one attached hydrogen (secondary N) is 1. The molecule has 0 aliphatic heterocycles. The van der Waals surface area contributed by atoms with Crippen molar-refractivity contribution < 1.29 is 32.9 Å². The highest BCUT2D eigenvalue weighted by Gasteiger charge is 2.28. The summed E-state index contributed by atoms with van der Waals surface area (Å²) in [4.78, 5) is 23.4. The topological polar surface area (TPSA) is 105 Å². The fraction of sp³-hybridized carbons (Fsp3) is 0.955. The molecule has 0 fully saturated rings. The van der Waals surface area contributed by atoms with E-state index in [9.17, 15) is 19.4 Å². The Bertz CT molecular complexity index is 1230. The van der Waals surface area contributed by atoms with Crippen LogP contribution in [0.5, 0.6) is 0 Å². The highest BCUT2D eigenvalue weighted by molar-refractivity contribution is 7.47. The van der Waals surface area contributed by atoms with Crippen LogP contribution in [0.15, 0.2) is 12.2 Å². The molecular weight excluding hydrogens is 948 g/mol. The largest absolute Gasteiger partial charge is 0.472 e. The maximum Gasteiger partial charge on any atom is 0.472 e. The van der Waals surface area contributed by atoms with Crippen LogP contribution in [0.2, 0.25) is 0 Å². The average molecular weight is 1080 g/mol. The number of amides is 1. The summed E-state index contributed by atoms with van der Waals surface area (Å²) < 4.78 is 23.9. The number of phosphoric ester groups is 1. The molecule has 0 rings (SSSR count). The van der Waals surface area contributed by atoms with Crippen molar-refractivity contribution in [2.75, 3.05) is 40.9 Å². The average Bonchev–Trinajstić information content (AvgIpc) is 3.37. The normalized spacial score (nSPS) is 13.7. The molecule has 448 valence electrons. The van der Waals surface area contributed by atoms with Crippen LogP contribution in [0.3, 0.4) is 0 Å². The van der Waals surface area contributed by atoms with Gasteiger partial charge < -0.3 is 19.8 Å². The van der Waals surface area contributed by atoms with Crippen molar-refractivity contribution in [3.8, 4) is 0 Å². The highest BCUT2D eigenvalue weighted by Crippen LogP contribution is 2.43. The van der Waals surface area contributed by atoms with Gasteiger partial charge in [-0.25, -0.2) is 4.57 Å². The minimum Gasteiger partial charge on any atom is -0.391 e. The van der Waals surface area contributed by atoms with Crippen LogP contribution in [0.25, 0.3) is 0 Å². The SMILES string of the molecule is CCCCCCCCCCCCCC/C=C\CCCCCCCCCCCCCCCCCC(=O)NC(COP(=O)(O)OCC[N+](C)(C)C)C(O)CCCCCCCCCCCCCCCCCCCCCCCC. The first-order chi connectivity index (χ1) is 36.5. The first kappa shape index (κ1) is 74.2. The second-order valence-electron chi connectivity index (χ2n) is 24.6. The molecular formula is C66H134N2O6P+. The number of carbonyl (C=O) groups excluding carboxylic acids is 1. The lowest BCUT2D eigenvalue weighted by Gasteiger charge is -2.26. The van der Waals surface area contributed by atoms with Crippen molar-refractivity contribution in [2.24, 2.45) is 0 Å². The van der Waals surface area contributed by atoms with Gasteiger partial charge in [-0.05, 0) is 38.5 Å². The van der Waals surface area contributed by atoms with Gasteiger partial charge in [0.25, 0.3) is 0 Å². The van der Waals surface area contributed by atoms with E-state index in [1.54, 1.807) is 0 Å². The van der Waals surface area contributed by atoms with Crippen LogP contribution in [0.1, 0.15) is 354 Å². The predicted molar refractivity (Wildman–Crippen MR) is 328 cm³/mol. The monoisotopic (exact) mass is 1080 g/mol. The van der Waals surface area contributed by atoms with Crippen molar-refractivity contribution in [1.82, 2.24) is 5.32 Å². The van der Waals surface area contributed by atoms with Crippen molar-refractivity contribution in [3.63, 3.8) is 0 Å². The summed E-state index contributed by atoms with van der Waals surface area (Å²) in [5, 5.41) is 14.1. The fourth-order valence-electron chi connectivity index (χ4n) is 10.5. The van der Waals surface area contributed by atoms with E-state index in [1.807, 2.05) is 21.1 Å². The molecule has 0 aliphatic rings. The first-order valence-corrected chi connectivity index (χ1v) is 35.0. The Morgan fingerprint density at radius 3 is 1.03 bits per heavy atom. The molecule has 0 heterocycles. The van der Waals surface area contributed by atoms with Gasteiger partial charge in [0.15, 0.2) is 0 Å². The van der Waals surface area contributed by atoms with Crippen LogP contribution in [0, 0.1) is 0 Å². The maximum absolute atomic E-state index is 13.1. The van der Waals surface area contributed by atoms with Crippen LogP contribution >= 0.6 is 7.82 Å². The number of allylic oxidation sites excluding steroid dienone is 2. The van der Waals surface area contributed by atoms with E-state index in [0.717, 1.165) is 38.5 Å². The van der Waals surface area contributed by atoms with Crippen molar-refractivity contribution >= 4 is 13.7 Å². The maximum atomic E-state index is 13.1. The first-order valence-electron chi connectivity index (χ1n) is 33.6. The van der Waals surface area contributed by atoms with Gasteiger partial charge in [0.2, 0.25) is 5.91 Å². The molecule has 9 heteroatoms. The zero-order valence-electron chi connectivity index (χ0n) is 51.3. The number of hydrogen-bond acceptors (Lipinski definition) is 5. The van der Waals surface area contributed by atoms with Crippen LogP contribution < -0.4 is 5.32 Å². The van der Waals surface area contributed by atoms with E-state index in [2.05, 4.69) is 31.3 Å². The molecule has 8 nitrogen and oxygen atoms in total. The smallest absolute Gasteiger partial charge is 0.391 e. The molecule has 0 aromatic carbocycles. The number of rotatable bonds is 63. The third-order valence-corrected chi connectivity index (χ3v) is 16.7. The molecule has 0 spiro atoms. The Morgan fingerprint density at radius 2 is 0.720 bits per heavy atom. The number of carbonyl (C=O) groups is 1. The third-order valence-electron chi connectivity index (χ3n) is 15.8. The Kier molecular flexibility index (Phi) is 57.3. The van der Waals surface area contributed by atoms with Gasteiger partial charge in [-0.1, -0.05) is 321 Å². The molecule has 0 saturated heterocycles. The molecule has 0 bridgehead atoms. The lowest BCUT2D eigenvalue weighted by atomic mass is 10.0. The zero-order chi connectivity index (χ0) is 54.9. The van der Waals surface area contributed by atoms with Gasteiger partial charge >= 0.3 is 7.82 Å². The summed E-state index contributed by atoms with van der Waals surface area (Å²) in [5.41, 5.74) is 0. The molecule has 0 aromatic heterocycles. The number of phosphoric acid groups is 1. The Balaban J connectivity index is 4.01. The number of unbranched alkanes of at least 4 members (excludes halogenated alkanes) is 48. The molecule has 0 radical (unpaired) electrons. The molecule has 0 saturated carbocycles. The van der Waals surface area contributed by atoms with E-state index >= 15 is 0 Å². The van der Waals surface area contributed by atoms with E-state index in [1.165, 1.54) is 289 Å². The summed E-state index contributed by atoms with van der Waals surface area (Å²) in [6.07, 6.45) is 73.0. The molecule has 0 aliphatic carbocycles. The second kappa shape index (κ2) is 57.9. The highest BCUT2D eigenvalue weighted by atomic mass is 31.2. The van der Waals surface area contributed by atoms with Crippen LogP contribution in [0.4, 0.5) is 0 Å². The van der Waals surface area contributed by atoms with Gasteiger partial charge in [-0.2, -0.15) is 0 Å². The third kappa shape index (κ3) is 60.7. The Morgan fingerprint density at radius 1 is 0.440 bits per heavy atom. The van der Waals surface area contributed by atoms with E-state index < -0.39 is 20.0 Å². The van der Waals surface area contributed by atoms with E-state index in [0.29, 0.717) is 23.9 Å². The summed E-state index contributed by atoms with van der Waals surface area (Å²) in [5.74, 6) is -0.136. The second-order valence-corrected chi connectivity index (χ2v) is 26.0. The minimum atomic E-state index is -4.32. The lowest BCUT2D eigenvalue weighted by Crippen LogP contribution is -2.46. The van der Waals surface area contributed by atoms with Gasteiger partial charge in [-0.15, -0.1) is 0 Å². The number of aliphatic hydroxyl groups is 1. The molecule has 3 N–H and O–H groups in total. The minimum absolute atomic E-state index is 0.0780. The standard InChI is InChI=1S/C66H133N2O6P/c1-6-8-10-12-14-16-18-20-22-24-26-28-30-31-32-33-34-35-36-37-38-40-42-44-46-48-50-52-54-56-58-60-66(70)67-64(63-74-75(71,72)73-62-61-68(3,4)5)65(69)59-57-55-53-51-49-47-45-43-41-39-29-27-25-23-21-19-17-15-13-11-9-7-2/h31-32,64-65,69H,6-30,33-63H2,1-5H3,(H-,67,70,71,72)/p+1/b32-31-. The van der Waals surface area contributed by atoms with Gasteiger partial charge in [0, 0.05) is 6.42 Å². The van der Waals surface area contributed by atoms with Crippen molar-refractivity contribution in [2.45, 2.75) is 366 Å². The van der Waals surface area contributed by atoms with Crippen molar-refractivity contribution in [1.29, 1.82) is 0 Å². The fourth-order valence-corrected chi connectivity index (χ4v) is 11.3. The molecule has 1 amide bonds. The number of hydrogen-bond donors (Lipinski definition) is 3. The molecule has 3 atom stereocenters. The molecule has 3 unspecified atom stereocenters. The van der Waals surface area contributed by atoms with Gasteiger partial charge in [0.05, 0.1) is 39.9 Å². The summed E-state index contributed by atoms with van der Waals surface area (Å²) in [6.45, 7) is 4.95. The Hall–Kier alpha value is -0.760. The number of aliphatic hydroxyl groups excluding tert-OH is 1. The summed E-state index contributed by atoms with van der Waals surface area (Å²) >= 11 is 0. The lowest BCUT2D eigenvalue weighted by molar-refractivity contribution is -0.870. The van der Waals surface area contributed by atoms with Gasteiger partial charge in [-0.3, -0.25) is 13.8 Å². The number of nitrogens with zero attached hydrogens (tertiary/aromatic N) is 1. The zero-order valence-corrected chi connectivity index (χ0v) is 52.2. The molecule has 75 heavy (non-hydrogen) atoms. The van der Waals surface area contributed by atoms with Gasteiger partial charge in [0.1, 0.15) is 13.2 Å². The van der Waals surface area contributed by atoms with Crippen LogP contribution in [-0.4, -0.2) is 73.4 Å². The Labute approximate surface area is 469 Å². The molecule has 0 aromatic rings. The quantitative estimate of drug-likeness (QED) is 0.0243. The van der Waals surface area contributed by atoms with Crippen LogP contribution in [-0.2, 0) is 18.4 Å². The predicted octanol–water partition coefficient (Wildman–Crippen LogP) is 20.9. The summed E-state index contributed by atoms with van der Waals surface area (Å²) in [7, 11) is 1.64. The van der Waals surface area contributed by atoms with Crippen molar-refractivity contribution in [3.05, 3.63) is 12.2 Å². The number of likely N-dealkylation sites (N-methyl/N-ethyl adjacent to an activating group) is 1. The van der Waals surface area contributed by atoms with E-state index in [4.69, 9.17) is 9.05 Å². The number of quaternary nitrogens is 1.